The van der Waals surface area contributed by atoms with E-state index in [4.69, 9.17) is 0 Å². The van der Waals surface area contributed by atoms with Crippen LogP contribution < -0.4 is 5.32 Å². The minimum Gasteiger partial charge on any atom is -0.316 e. The highest BCUT2D eigenvalue weighted by Gasteiger charge is 2.12. The molecule has 0 unspecified atom stereocenters. The van der Waals surface area contributed by atoms with Crippen LogP contribution in [0.4, 0.5) is 0 Å². The fourth-order valence-electron chi connectivity index (χ4n) is 2.36. The zero-order chi connectivity index (χ0) is 14.5. The Hall–Kier alpha value is -1.69. The predicted molar refractivity (Wildman–Crippen MR) is 78.7 cm³/mol. The van der Waals surface area contributed by atoms with Crippen LogP contribution in [0.2, 0.25) is 0 Å². The van der Waals surface area contributed by atoms with Gasteiger partial charge >= 0.3 is 0 Å². The van der Waals surface area contributed by atoms with E-state index in [2.05, 4.69) is 41.3 Å². The van der Waals surface area contributed by atoms with Crippen molar-refractivity contribution in [1.82, 2.24) is 29.9 Å². The Morgan fingerprint density at radius 1 is 1.25 bits per heavy atom. The molecule has 110 valence electrons. The quantitative estimate of drug-likeness (QED) is 0.772. The summed E-state index contributed by atoms with van der Waals surface area (Å²) in [7, 11) is 1.91. The second kappa shape index (κ2) is 6.65. The molecule has 0 bridgehead atoms. The summed E-state index contributed by atoms with van der Waals surface area (Å²) < 4.78 is 3.81. The normalized spacial score (nSPS) is 11.2. The molecule has 6 nitrogen and oxygen atoms in total. The van der Waals surface area contributed by atoms with Crippen molar-refractivity contribution in [3.8, 4) is 0 Å². The van der Waals surface area contributed by atoms with E-state index in [9.17, 15) is 0 Å². The molecule has 0 radical (unpaired) electrons. The summed E-state index contributed by atoms with van der Waals surface area (Å²) in [6.07, 6.45) is 3.77. The van der Waals surface area contributed by atoms with Crippen LogP contribution in [0.5, 0.6) is 0 Å². The van der Waals surface area contributed by atoms with Crippen molar-refractivity contribution in [2.45, 2.75) is 40.2 Å². The van der Waals surface area contributed by atoms with Gasteiger partial charge in [-0.2, -0.15) is 10.2 Å². The summed E-state index contributed by atoms with van der Waals surface area (Å²) in [6, 6.07) is 0. The molecule has 2 heterocycles. The molecule has 6 heteroatoms. The second-order valence-corrected chi connectivity index (χ2v) is 5.11. The molecule has 0 fully saturated rings. The maximum absolute atomic E-state index is 4.63. The topological polar surface area (TPSA) is 60.6 Å². The fourth-order valence-corrected chi connectivity index (χ4v) is 2.36. The van der Waals surface area contributed by atoms with Crippen molar-refractivity contribution in [2.75, 3.05) is 13.1 Å². The second-order valence-electron chi connectivity index (χ2n) is 5.11. The van der Waals surface area contributed by atoms with Crippen molar-refractivity contribution < 1.29 is 0 Å². The average molecular weight is 276 g/mol. The lowest BCUT2D eigenvalue weighted by atomic mass is 10.1. The monoisotopic (exact) mass is 276 g/mol. The zero-order valence-electron chi connectivity index (χ0n) is 12.8. The van der Waals surface area contributed by atoms with Crippen LogP contribution in [0.3, 0.4) is 0 Å². The number of hydrogen-bond donors (Lipinski definition) is 1. The standard InChI is InChI=1S/C14H24N6/c1-5-7-15-8-6-13-11(2)18-20(12(13)3)9-14-16-10-17-19(14)4/h10,15H,5-9H2,1-4H3. The third-order valence-corrected chi connectivity index (χ3v) is 3.61. The van der Waals surface area contributed by atoms with Crippen molar-refractivity contribution in [1.29, 1.82) is 0 Å². The first-order valence-corrected chi connectivity index (χ1v) is 7.20. The SMILES string of the molecule is CCCNCCc1c(C)nn(Cc2ncnn2C)c1C. The molecule has 0 aliphatic heterocycles. The molecule has 20 heavy (non-hydrogen) atoms. The van der Waals surface area contributed by atoms with Crippen LogP contribution >= 0.6 is 0 Å². The lowest BCUT2D eigenvalue weighted by Crippen LogP contribution is -2.18. The molecule has 2 aromatic rings. The Morgan fingerprint density at radius 2 is 2.05 bits per heavy atom. The smallest absolute Gasteiger partial charge is 0.148 e. The summed E-state index contributed by atoms with van der Waals surface area (Å²) in [6.45, 7) is 9.14. The van der Waals surface area contributed by atoms with Gasteiger partial charge in [0.1, 0.15) is 18.7 Å². The highest BCUT2D eigenvalue weighted by atomic mass is 15.4. The van der Waals surface area contributed by atoms with E-state index in [0.29, 0.717) is 6.54 Å². The number of rotatable bonds is 7. The highest BCUT2D eigenvalue weighted by Crippen LogP contribution is 2.14. The molecule has 1 N–H and O–H groups in total. The van der Waals surface area contributed by atoms with Gasteiger partial charge < -0.3 is 5.32 Å². The van der Waals surface area contributed by atoms with Crippen molar-refractivity contribution in [3.63, 3.8) is 0 Å². The minimum atomic E-state index is 0.672. The first-order chi connectivity index (χ1) is 9.63. The average Bonchev–Trinajstić information content (AvgIpc) is 2.93. The number of aromatic nitrogens is 5. The van der Waals surface area contributed by atoms with Gasteiger partial charge in [-0.1, -0.05) is 6.92 Å². The number of nitrogens with zero attached hydrogens (tertiary/aromatic N) is 5. The molecule has 0 spiro atoms. The van der Waals surface area contributed by atoms with Crippen molar-refractivity contribution in [3.05, 3.63) is 29.1 Å². The van der Waals surface area contributed by atoms with Gasteiger partial charge in [0, 0.05) is 12.7 Å². The lowest BCUT2D eigenvalue weighted by molar-refractivity contribution is 0.592. The molecule has 0 aliphatic carbocycles. The van der Waals surface area contributed by atoms with Crippen LogP contribution in [-0.2, 0) is 20.0 Å². The summed E-state index contributed by atoms with van der Waals surface area (Å²) in [5, 5.41) is 12.2. The van der Waals surface area contributed by atoms with Gasteiger partial charge in [-0.05, 0) is 45.3 Å². The van der Waals surface area contributed by atoms with Gasteiger partial charge in [0.25, 0.3) is 0 Å². The molecular weight excluding hydrogens is 252 g/mol. The van der Waals surface area contributed by atoms with Crippen LogP contribution in [-0.4, -0.2) is 37.6 Å². The Bertz CT molecular complexity index is 554. The summed E-state index contributed by atoms with van der Waals surface area (Å²) in [4.78, 5) is 4.26. The molecule has 0 atom stereocenters. The van der Waals surface area contributed by atoms with Crippen LogP contribution in [0.25, 0.3) is 0 Å². The van der Waals surface area contributed by atoms with E-state index in [0.717, 1.165) is 31.0 Å². The summed E-state index contributed by atoms with van der Waals surface area (Å²) in [5.74, 6) is 0.922. The third kappa shape index (κ3) is 3.25. The Morgan fingerprint density at radius 3 is 2.70 bits per heavy atom. The molecule has 0 saturated carbocycles. The molecule has 2 rings (SSSR count). The maximum Gasteiger partial charge on any atom is 0.148 e. The van der Waals surface area contributed by atoms with Gasteiger partial charge in [-0.3, -0.25) is 9.36 Å². The van der Waals surface area contributed by atoms with E-state index >= 15 is 0 Å². The molecule has 2 aromatic heterocycles. The minimum absolute atomic E-state index is 0.672. The Kier molecular flexibility index (Phi) is 4.89. The lowest BCUT2D eigenvalue weighted by Gasteiger charge is -2.06. The van der Waals surface area contributed by atoms with Gasteiger partial charge in [0.05, 0.1) is 5.69 Å². The zero-order valence-corrected chi connectivity index (χ0v) is 12.8. The molecule has 0 amide bonds. The fraction of sp³-hybridized carbons (Fsp3) is 0.643. The summed E-state index contributed by atoms with van der Waals surface area (Å²) >= 11 is 0. The van der Waals surface area contributed by atoms with E-state index < -0.39 is 0 Å². The molecule has 0 saturated heterocycles. The van der Waals surface area contributed by atoms with E-state index in [-0.39, 0.29) is 0 Å². The van der Waals surface area contributed by atoms with E-state index in [1.165, 1.54) is 17.7 Å². The third-order valence-electron chi connectivity index (χ3n) is 3.61. The largest absolute Gasteiger partial charge is 0.316 e. The van der Waals surface area contributed by atoms with E-state index in [1.807, 2.05) is 11.7 Å². The van der Waals surface area contributed by atoms with Gasteiger partial charge in [0.2, 0.25) is 0 Å². The van der Waals surface area contributed by atoms with Gasteiger partial charge in [-0.25, -0.2) is 4.98 Å². The first-order valence-electron chi connectivity index (χ1n) is 7.20. The first kappa shape index (κ1) is 14.7. The predicted octanol–water partition coefficient (Wildman–Crippen LogP) is 1.22. The Labute approximate surface area is 120 Å². The number of aryl methyl sites for hydroxylation is 2. The number of nitrogens with one attached hydrogen (secondary N) is 1. The molecular formula is C14H24N6. The van der Waals surface area contributed by atoms with Crippen LogP contribution in [0.15, 0.2) is 6.33 Å². The summed E-state index contributed by atoms with van der Waals surface area (Å²) in [5.41, 5.74) is 3.68. The molecule has 0 aliphatic rings. The van der Waals surface area contributed by atoms with Crippen LogP contribution in [0.1, 0.15) is 36.1 Å². The highest BCUT2D eigenvalue weighted by molar-refractivity contribution is 5.25. The maximum atomic E-state index is 4.63. The molecule has 0 aromatic carbocycles. The van der Waals surface area contributed by atoms with Crippen molar-refractivity contribution in [2.24, 2.45) is 7.05 Å². The number of hydrogen-bond acceptors (Lipinski definition) is 4. The van der Waals surface area contributed by atoms with Gasteiger partial charge in [0.15, 0.2) is 0 Å². The van der Waals surface area contributed by atoms with Crippen molar-refractivity contribution >= 4 is 0 Å². The van der Waals surface area contributed by atoms with E-state index in [1.54, 1.807) is 11.0 Å². The van der Waals surface area contributed by atoms with Crippen LogP contribution in [0, 0.1) is 13.8 Å². The Balaban J connectivity index is 2.06. The van der Waals surface area contributed by atoms with Gasteiger partial charge in [-0.15, -0.1) is 0 Å².